The minimum Gasteiger partial charge on any atom is -0.312 e. The first kappa shape index (κ1) is 16.2. The highest BCUT2D eigenvalue weighted by Crippen LogP contribution is 2.19. The fourth-order valence-corrected chi connectivity index (χ4v) is 4.22. The number of sulfonamides is 1. The summed E-state index contributed by atoms with van der Waals surface area (Å²) in [7, 11) is -3.33. The third-order valence-corrected chi connectivity index (χ3v) is 5.30. The van der Waals surface area contributed by atoms with Crippen LogP contribution in [0.3, 0.4) is 0 Å². The second kappa shape index (κ2) is 6.51. The van der Waals surface area contributed by atoms with Crippen LogP contribution in [0.15, 0.2) is 29.2 Å². The van der Waals surface area contributed by atoms with E-state index in [0.717, 1.165) is 3.57 Å². The van der Waals surface area contributed by atoms with E-state index in [9.17, 15) is 8.42 Å². The molecule has 0 amide bonds. The maximum absolute atomic E-state index is 12.4. The summed E-state index contributed by atoms with van der Waals surface area (Å²) in [4.78, 5) is 0.388. The number of hydrogen-bond donors (Lipinski definition) is 1. The van der Waals surface area contributed by atoms with Gasteiger partial charge >= 0.3 is 0 Å². The summed E-state index contributed by atoms with van der Waals surface area (Å²) in [6, 6.07) is 7.24. The van der Waals surface area contributed by atoms with Gasteiger partial charge in [-0.1, -0.05) is 6.07 Å². The van der Waals surface area contributed by atoms with Crippen molar-refractivity contribution >= 4 is 45.0 Å². The van der Waals surface area contributed by atoms with Gasteiger partial charge in [-0.15, -0.1) is 12.4 Å². The van der Waals surface area contributed by atoms with E-state index in [0.29, 0.717) is 24.5 Å². The molecule has 1 aliphatic heterocycles. The van der Waals surface area contributed by atoms with Gasteiger partial charge in [-0.2, -0.15) is 4.31 Å². The van der Waals surface area contributed by atoms with Crippen molar-refractivity contribution in [1.29, 1.82) is 0 Å². The monoisotopic (exact) mass is 402 g/mol. The minimum absolute atomic E-state index is 0. The fourth-order valence-electron chi connectivity index (χ4n) is 1.89. The zero-order valence-corrected chi connectivity index (χ0v) is 13.8. The SMILES string of the molecule is CC1CN(S(=O)(=O)c2cccc(I)c2)CCN1.Cl. The largest absolute Gasteiger partial charge is 0.312 e. The molecule has 1 unspecified atom stereocenters. The average molecular weight is 403 g/mol. The van der Waals surface area contributed by atoms with E-state index in [1.54, 1.807) is 22.5 Å². The molecule has 1 saturated heterocycles. The maximum Gasteiger partial charge on any atom is 0.243 e. The van der Waals surface area contributed by atoms with E-state index in [2.05, 4.69) is 27.9 Å². The Bertz CT molecular complexity index is 510. The van der Waals surface area contributed by atoms with Crippen molar-refractivity contribution in [1.82, 2.24) is 9.62 Å². The molecule has 0 aromatic heterocycles. The van der Waals surface area contributed by atoms with E-state index in [1.165, 1.54) is 0 Å². The molecule has 1 aromatic carbocycles. The minimum atomic E-state index is -3.33. The first-order valence-corrected chi connectivity index (χ1v) is 8.01. The van der Waals surface area contributed by atoms with E-state index in [-0.39, 0.29) is 18.4 Å². The van der Waals surface area contributed by atoms with Gasteiger partial charge < -0.3 is 5.32 Å². The maximum atomic E-state index is 12.4. The summed E-state index contributed by atoms with van der Waals surface area (Å²) in [5.74, 6) is 0. The first-order chi connectivity index (χ1) is 8.00. The van der Waals surface area contributed by atoms with E-state index in [4.69, 9.17) is 0 Å². The number of halogens is 2. The number of benzene rings is 1. The van der Waals surface area contributed by atoms with Crippen LogP contribution in [0.25, 0.3) is 0 Å². The quantitative estimate of drug-likeness (QED) is 0.766. The molecule has 0 saturated carbocycles. The van der Waals surface area contributed by atoms with Crippen molar-refractivity contribution in [2.24, 2.45) is 0 Å². The van der Waals surface area contributed by atoms with E-state index < -0.39 is 10.0 Å². The molecule has 2 rings (SSSR count). The second-order valence-electron chi connectivity index (χ2n) is 4.18. The molecule has 1 atom stereocenters. The van der Waals surface area contributed by atoms with Crippen LogP contribution >= 0.6 is 35.0 Å². The molecular weight excluding hydrogens is 387 g/mol. The lowest BCUT2D eigenvalue weighted by Gasteiger charge is -2.31. The number of hydrogen-bond acceptors (Lipinski definition) is 3. The molecule has 0 bridgehead atoms. The molecule has 0 aliphatic carbocycles. The predicted octanol–water partition coefficient (Wildman–Crippen LogP) is 1.70. The number of piperazine rings is 1. The third-order valence-electron chi connectivity index (χ3n) is 2.77. The van der Waals surface area contributed by atoms with Gasteiger partial charge in [0.25, 0.3) is 0 Å². The smallest absolute Gasteiger partial charge is 0.243 e. The molecular formula is C11H16ClIN2O2S. The second-order valence-corrected chi connectivity index (χ2v) is 7.36. The van der Waals surface area contributed by atoms with Gasteiger partial charge in [0.15, 0.2) is 0 Å². The van der Waals surface area contributed by atoms with Gasteiger partial charge in [-0.3, -0.25) is 0 Å². The fraction of sp³-hybridized carbons (Fsp3) is 0.455. The Morgan fingerprint density at radius 2 is 2.17 bits per heavy atom. The van der Waals surface area contributed by atoms with Gasteiger partial charge in [0, 0.05) is 29.2 Å². The molecule has 0 spiro atoms. The van der Waals surface area contributed by atoms with Crippen LogP contribution < -0.4 is 5.32 Å². The Kier molecular flexibility index (Phi) is 5.85. The lowest BCUT2D eigenvalue weighted by atomic mass is 10.3. The standard InChI is InChI=1S/C11H15IN2O2S.ClH/c1-9-8-14(6-5-13-9)17(15,16)11-4-2-3-10(12)7-11;/h2-4,7,9,13H,5-6,8H2,1H3;1H. The van der Waals surface area contributed by atoms with Crippen molar-refractivity contribution < 1.29 is 8.42 Å². The van der Waals surface area contributed by atoms with Gasteiger partial charge in [0.05, 0.1) is 4.90 Å². The molecule has 7 heteroatoms. The molecule has 102 valence electrons. The van der Waals surface area contributed by atoms with Crippen molar-refractivity contribution in [3.05, 3.63) is 27.8 Å². The van der Waals surface area contributed by atoms with Crippen LogP contribution in [0.2, 0.25) is 0 Å². The summed E-state index contributed by atoms with van der Waals surface area (Å²) in [6.07, 6.45) is 0. The van der Waals surface area contributed by atoms with Crippen LogP contribution in [0.5, 0.6) is 0 Å². The number of nitrogens with one attached hydrogen (secondary N) is 1. The van der Waals surface area contributed by atoms with Crippen LogP contribution in [-0.4, -0.2) is 38.4 Å². The van der Waals surface area contributed by atoms with Crippen LogP contribution in [-0.2, 0) is 10.0 Å². The molecule has 1 aliphatic rings. The molecule has 1 fully saturated rings. The van der Waals surface area contributed by atoms with Gasteiger partial charge in [-0.25, -0.2) is 8.42 Å². The van der Waals surface area contributed by atoms with Crippen LogP contribution in [0, 0.1) is 3.57 Å². The highest BCUT2D eigenvalue weighted by Gasteiger charge is 2.28. The summed E-state index contributed by atoms with van der Waals surface area (Å²) in [6.45, 7) is 3.78. The zero-order chi connectivity index (χ0) is 12.5. The van der Waals surface area contributed by atoms with Crippen LogP contribution in [0.4, 0.5) is 0 Å². The highest BCUT2D eigenvalue weighted by atomic mass is 127. The van der Waals surface area contributed by atoms with Crippen molar-refractivity contribution in [2.75, 3.05) is 19.6 Å². The summed E-state index contributed by atoms with van der Waals surface area (Å²) in [5, 5.41) is 3.24. The summed E-state index contributed by atoms with van der Waals surface area (Å²) < 4.78 is 27.3. The van der Waals surface area contributed by atoms with Crippen molar-refractivity contribution in [2.45, 2.75) is 17.9 Å². The van der Waals surface area contributed by atoms with Crippen molar-refractivity contribution in [3.63, 3.8) is 0 Å². The van der Waals surface area contributed by atoms with Gasteiger partial charge in [0.2, 0.25) is 10.0 Å². The number of rotatable bonds is 2. The Balaban J connectivity index is 0.00000162. The average Bonchev–Trinajstić information content (AvgIpc) is 2.29. The van der Waals surface area contributed by atoms with Gasteiger partial charge in [-0.05, 0) is 47.7 Å². The lowest BCUT2D eigenvalue weighted by Crippen LogP contribution is -2.51. The third kappa shape index (κ3) is 3.57. The van der Waals surface area contributed by atoms with E-state index in [1.807, 2.05) is 13.0 Å². The molecule has 1 N–H and O–H groups in total. The van der Waals surface area contributed by atoms with Crippen molar-refractivity contribution in [3.8, 4) is 0 Å². The summed E-state index contributed by atoms with van der Waals surface area (Å²) >= 11 is 2.13. The molecule has 0 radical (unpaired) electrons. The van der Waals surface area contributed by atoms with E-state index >= 15 is 0 Å². The topological polar surface area (TPSA) is 49.4 Å². The molecule has 1 heterocycles. The highest BCUT2D eigenvalue weighted by molar-refractivity contribution is 14.1. The Morgan fingerprint density at radius 1 is 1.44 bits per heavy atom. The molecule has 1 aromatic rings. The predicted molar refractivity (Wildman–Crippen MR) is 82.6 cm³/mol. The normalized spacial score (nSPS) is 21.3. The van der Waals surface area contributed by atoms with Crippen LogP contribution in [0.1, 0.15) is 6.92 Å². The Hall–Kier alpha value is 0.110. The summed E-state index contributed by atoms with van der Waals surface area (Å²) in [5.41, 5.74) is 0. The van der Waals surface area contributed by atoms with Gasteiger partial charge in [0.1, 0.15) is 0 Å². The Morgan fingerprint density at radius 3 is 2.78 bits per heavy atom. The zero-order valence-electron chi connectivity index (χ0n) is 9.97. The molecule has 4 nitrogen and oxygen atoms in total. The molecule has 18 heavy (non-hydrogen) atoms. The number of nitrogens with zero attached hydrogens (tertiary/aromatic N) is 1. The first-order valence-electron chi connectivity index (χ1n) is 5.49. The Labute approximate surface area is 128 Å². The lowest BCUT2D eigenvalue weighted by molar-refractivity contribution is 0.310.